The van der Waals surface area contributed by atoms with Gasteiger partial charge in [0.1, 0.15) is 6.10 Å². The standard InChI is InChI=1S/C22H29N3O4/c1-15-13-20(16(2)25(15)18-9-5-4-6-10-18)22(27)24-23-21(26)17(3)29-14-19-11-7-8-12-28-19/h4-6,9-10,13,17,19H,7-8,11-12,14H2,1-3H3,(H,23,26)(H,24,27). The normalized spacial score (nSPS) is 17.6. The molecule has 2 N–H and O–H groups in total. The average molecular weight is 399 g/mol. The van der Waals surface area contributed by atoms with Crippen LogP contribution in [0.15, 0.2) is 36.4 Å². The highest BCUT2D eigenvalue weighted by molar-refractivity contribution is 5.97. The van der Waals surface area contributed by atoms with Crippen molar-refractivity contribution in [3.8, 4) is 5.69 Å². The summed E-state index contributed by atoms with van der Waals surface area (Å²) in [5, 5.41) is 0. The Morgan fingerprint density at radius 1 is 1.21 bits per heavy atom. The average Bonchev–Trinajstić information content (AvgIpc) is 3.05. The summed E-state index contributed by atoms with van der Waals surface area (Å²) in [5.41, 5.74) is 8.18. The molecule has 1 aromatic carbocycles. The van der Waals surface area contributed by atoms with E-state index in [0.29, 0.717) is 12.2 Å². The Balaban J connectivity index is 1.54. The summed E-state index contributed by atoms with van der Waals surface area (Å²) in [4.78, 5) is 24.8. The molecule has 2 heterocycles. The number of carbonyl (C=O) groups is 2. The minimum Gasteiger partial charge on any atom is -0.376 e. The van der Waals surface area contributed by atoms with Crippen molar-refractivity contribution in [3.63, 3.8) is 0 Å². The maximum Gasteiger partial charge on any atom is 0.271 e. The molecule has 29 heavy (non-hydrogen) atoms. The van der Waals surface area contributed by atoms with Gasteiger partial charge in [0.25, 0.3) is 11.8 Å². The minimum absolute atomic E-state index is 0.0389. The number of ether oxygens (including phenoxy) is 2. The van der Waals surface area contributed by atoms with Gasteiger partial charge in [-0.15, -0.1) is 0 Å². The Labute approximate surface area is 171 Å². The second-order valence-corrected chi connectivity index (χ2v) is 7.36. The first-order valence-electron chi connectivity index (χ1n) is 10.0. The SMILES string of the molecule is Cc1cc(C(=O)NNC(=O)C(C)OCC2CCCCO2)c(C)n1-c1ccccc1. The van der Waals surface area contributed by atoms with Crippen LogP contribution in [0.3, 0.4) is 0 Å². The fourth-order valence-electron chi connectivity index (χ4n) is 3.52. The van der Waals surface area contributed by atoms with Gasteiger partial charge in [-0.25, -0.2) is 0 Å². The summed E-state index contributed by atoms with van der Waals surface area (Å²) in [6.07, 6.45) is 2.49. The van der Waals surface area contributed by atoms with E-state index < -0.39 is 12.0 Å². The summed E-state index contributed by atoms with van der Waals surface area (Å²) < 4.78 is 13.2. The smallest absolute Gasteiger partial charge is 0.271 e. The number of benzene rings is 1. The van der Waals surface area contributed by atoms with E-state index in [4.69, 9.17) is 9.47 Å². The highest BCUT2D eigenvalue weighted by Crippen LogP contribution is 2.20. The van der Waals surface area contributed by atoms with Crippen molar-refractivity contribution >= 4 is 11.8 Å². The molecule has 7 nitrogen and oxygen atoms in total. The minimum atomic E-state index is -0.683. The third kappa shape index (κ3) is 5.25. The summed E-state index contributed by atoms with van der Waals surface area (Å²) >= 11 is 0. The van der Waals surface area contributed by atoms with Crippen molar-refractivity contribution in [2.45, 2.75) is 52.2 Å². The summed E-state index contributed by atoms with van der Waals surface area (Å²) in [6.45, 7) is 6.60. The van der Waals surface area contributed by atoms with Gasteiger partial charge in [0.05, 0.1) is 18.3 Å². The molecule has 2 unspecified atom stereocenters. The van der Waals surface area contributed by atoms with Gasteiger partial charge < -0.3 is 14.0 Å². The van der Waals surface area contributed by atoms with Crippen molar-refractivity contribution in [1.82, 2.24) is 15.4 Å². The topological polar surface area (TPSA) is 81.6 Å². The van der Waals surface area contributed by atoms with E-state index in [2.05, 4.69) is 10.9 Å². The van der Waals surface area contributed by atoms with Gasteiger partial charge in [0.15, 0.2) is 0 Å². The molecule has 2 amide bonds. The number of nitrogens with one attached hydrogen (secondary N) is 2. The van der Waals surface area contributed by atoms with Crippen LogP contribution in [-0.4, -0.2) is 41.8 Å². The van der Waals surface area contributed by atoms with Gasteiger partial charge in [-0.3, -0.25) is 20.4 Å². The number of amides is 2. The Kier molecular flexibility index (Phi) is 7.06. The lowest BCUT2D eigenvalue weighted by atomic mass is 10.1. The van der Waals surface area contributed by atoms with Gasteiger partial charge in [-0.2, -0.15) is 0 Å². The fourth-order valence-corrected chi connectivity index (χ4v) is 3.52. The zero-order valence-corrected chi connectivity index (χ0v) is 17.2. The summed E-state index contributed by atoms with van der Waals surface area (Å²) in [7, 11) is 0. The second kappa shape index (κ2) is 9.71. The maximum absolute atomic E-state index is 12.6. The van der Waals surface area contributed by atoms with Crippen LogP contribution in [-0.2, 0) is 14.3 Å². The van der Waals surface area contributed by atoms with Crippen LogP contribution in [0, 0.1) is 13.8 Å². The lowest BCUT2D eigenvalue weighted by Crippen LogP contribution is -2.47. The van der Waals surface area contributed by atoms with Crippen molar-refractivity contribution < 1.29 is 19.1 Å². The van der Waals surface area contributed by atoms with Gasteiger partial charge >= 0.3 is 0 Å². The predicted molar refractivity (Wildman–Crippen MR) is 110 cm³/mol. The van der Waals surface area contributed by atoms with Gasteiger partial charge in [-0.05, 0) is 58.2 Å². The van der Waals surface area contributed by atoms with Crippen molar-refractivity contribution in [2.75, 3.05) is 13.2 Å². The zero-order valence-electron chi connectivity index (χ0n) is 17.2. The molecule has 2 atom stereocenters. The molecule has 0 radical (unpaired) electrons. The molecular formula is C22H29N3O4. The number of carbonyl (C=O) groups excluding carboxylic acids is 2. The predicted octanol–water partition coefficient (Wildman–Crippen LogP) is 2.83. The van der Waals surface area contributed by atoms with Crippen molar-refractivity contribution in [3.05, 3.63) is 53.3 Å². The van der Waals surface area contributed by atoms with E-state index in [9.17, 15) is 9.59 Å². The largest absolute Gasteiger partial charge is 0.376 e. The van der Waals surface area contributed by atoms with E-state index in [1.165, 1.54) is 0 Å². The zero-order chi connectivity index (χ0) is 20.8. The number of aryl methyl sites for hydroxylation is 1. The maximum atomic E-state index is 12.6. The summed E-state index contributed by atoms with van der Waals surface area (Å²) in [6, 6.07) is 11.6. The third-order valence-electron chi connectivity index (χ3n) is 5.16. The molecular weight excluding hydrogens is 370 g/mol. The van der Waals surface area contributed by atoms with Gasteiger partial charge in [-0.1, -0.05) is 18.2 Å². The molecule has 1 aliphatic heterocycles. The van der Waals surface area contributed by atoms with Crippen LogP contribution in [0.1, 0.15) is 47.9 Å². The quantitative estimate of drug-likeness (QED) is 0.732. The van der Waals surface area contributed by atoms with E-state index in [1.54, 1.807) is 6.92 Å². The Bertz CT molecular complexity index is 841. The van der Waals surface area contributed by atoms with Crippen LogP contribution < -0.4 is 10.9 Å². The van der Waals surface area contributed by atoms with E-state index in [1.807, 2.05) is 54.8 Å². The Morgan fingerprint density at radius 2 is 1.97 bits per heavy atom. The molecule has 0 aliphatic carbocycles. The lowest BCUT2D eigenvalue weighted by Gasteiger charge is -2.23. The highest BCUT2D eigenvalue weighted by Gasteiger charge is 2.21. The van der Waals surface area contributed by atoms with E-state index in [0.717, 1.165) is 42.9 Å². The first-order valence-corrected chi connectivity index (χ1v) is 10.0. The second-order valence-electron chi connectivity index (χ2n) is 7.36. The van der Waals surface area contributed by atoms with Crippen LogP contribution >= 0.6 is 0 Å². The van der Waals surface area contributed by atoms with Crippen LogP contribution in [0.4, 0.5) is 0 Å². The number of nitrogens with zero attached hydrogens (tertiary/aromatic N) is 1. The molecule has 0 spiro atoms. The molecule has 0 bridgehead atoms. The molecule has 2 aromatic rings. The van der Waals surface area contributed by atoms with E-state index >= 15 is 0 Å². The number of hydrogen-bond donors (Lipinski definition) is 2. The number of aromatic nitrogens is 1. The molecule has 1 aromatic heterocycles. The number of hydrogen-bond acceptors (Lipinski definition) is 4. The van der Waals surface area contributed by atoms with Crippen molar-refractivity contribution in [2.24, 2.45) is 0 Å². The molecule has 156 valence electrons. The monoisotopic (exact) mass is 399 g/mol. The molecule has 1 fully saturated rings. The number of rotatable bonds is 6. The van der Waals surface area contributed by atoms with Gasteiger partial charge in [0, 0.05) is 23.7 Å². The molecule has 3 rings (SSSR count). The first-order chi connectivity index (χ1) is 14.0. The third-order valence-corrected chi connectivity index (χ3v) is 5.16. The van der Waals surface area contributed by atoms with Gasteiger partial charge in [0.2, 0.25) is 0 Å². The lowest BCUT2D eigenvalue weighted by molar-refractivity contribution is -0.136. The number of hydrazine groups is 1. The molecule has 7 heteroatoms. The molecule has 1 aliphatic rings. The van der Waals surface area contributed by atoms with Crippen LogP contribution in [0.5, 0.6) is 0 Å². The van der Waals surface area contributed by atoms with Crippen LogP contribution in [0.2, 0.25) is 0 Å². The molecule has 1 saturated heterocycles. The Morgan fingerprint density at radius 3 is 2.66 bits per heavy atom. The fraction of sp³-hybridized carbons (Fsp3) is 0.455. The van der Waals surface area contributed by atoms with E-state index in [-0.39, 0.29) is 12.0 Å². The molecule has 0 saturated carbocycles. The number of para-hydroxylation sites is 1. The van der Waals surface area contributed by atoms with Crippen LogP contribution in [0.25, 0.3) is 5.69 Å². The summed E-state index contributed by atoms with van der Waals surface area (Å²) in [5.74, 6) is -0.762. The highest BCUT2D eigenvalue weighted by atomic mass is 16.5. The van der Waals surface area contributed by atoms with Crippen molar-refractivity contribution in [1.29, 1.82) is 0 Å². The Hall–Kier alpha value is -2.64. The first kappa shape index (κ1) is 21.1.